The number of nitriles is 1. The molecule has 0 saturated carbocycles. The molecule has 0 N–H and O–H groups in total. The van der Waals surface area contributed by atoms with Crippen molar-refractivity contribution in [2.45, 2.75) is 0 Å². The topological polar surface area (TPSA) is 36.9 Å². The van der Waals surface area contributed by atoms with Gasteiger partial charge < -0.3 is 4.42 Å². The number of fused-ring (bicyclic) bond motifs is 1. The average molecular weight is 240 g/mol. The van der Waals surface area contributed by atoms with E-state index >= 15 is 0 Å². The van der Waals surface area contributed by atoms with Gasteiger partial charge in [-0.1, -0.05) is 0 Å². The monoisotopic (exact) mass is 239 g/mol. The Hall–Kier alpha value is -1.34. The molecule has 4 heteroatoms. The maximum absolute atomic E-state index is 13.2. The second-order valence-electron chi connectivity index (χ2n) is 2.49. The van der Waals surface area contributed by atoms with Crippen LogP contribution in [0.15, 0.2) is 27.3 Å². The molecule has 2 rings (SSSR count). The lowest BCUT2D eigenvalue weighted by molar-refractivity contribution is 0.608. The van der Waals surface area contributed by atoms with Crippen LogP contribution in [0.3, 0.4) is 0 Å². The second-order valence-corrected chi connectivity index (χ2v) is 3.35. The van der Waals surface area contributed by atoms with Crippen LogP contribution in [0.2, 0.25) is 0 Å². The Labute approximate surface area is 81.7 Å². The minimum atomic E-state index is -0.394. The van der Waals surface area contributed by atoms with Gasteiger partial charge >= 0.3 is 0 Å². The Morgan fingerprint density at radius 2 is 2.23 bits per heavy atom. The van der Waals surface area contributed by atoms with Crippen LogP contribution in [-0.4, -0.2) is 0 Å². The molecule has 0 spiro atoms. The first-order valence-electron chi connectivity index (χ1n) is 3.49. The summed E-state index contributed by atoms with van der Waals surface area (Å²) in [4.78, 5) is 0. The zero-order valence-corrected chi connectivity index (χ0v) is 7.93. The molecule has 0 atom stereocenters. The molecule has 2 nitrogen and oxygen atoms in total. The zero-order chi connectivity index (χ0) is 9.42. The van der Waals surface area contributed by atoms with Crippen LogP contribution >= 0.6 is 15.9 Å². The van der Waals surface area contributed by atoms with E-state index in [1.165, 1.54) is 18.4 Å². The molecule has 0 aliphatic rings. The van der Waals surface area contributed by atoms with Crippen LogP contribution in [0.1, 0.15) is 5.56 Å². The molecule has 1 aromatic carbocycles. The zero-order valence-electron chi connectivity index (χ0n) is 6.34. The molecule has 0 radical (unpaired) electrons. The molecule has 0 bridgehead atoms. The highest BCUT2D eigenvalue weighted by atomic mass is 79.9. The molecule has 0 amide bonds. The third kappa shape index (κ3) is 1.12. The molecule has 0 aliphatic carbocycles. The van der Waals surface area contributed by atoms with Crippen LogP contribution in [0.25, 0.3) is 11.0 Å². The first-order valence-corrected chi connectivity index (χ1v) is 4.28. The predicted octanol–water partition coefficient (Wildman–Crippen LogP) is 3.21. The molecular formula is C9H3BrFNO. The fourth-order valence-corrected chi connectivity index (χ4v) is 1.62. The Bertz CT molecular complexity index is 512. The largest absolute Gasteiger partial charge is 0.462 e. The fraction of sp³-hybridized carbons (Fsp3) is 0. The lowest BCUT2D eigenvalue weighted by Gasteiger charge is -1.93. The number of nitrogens with zero attached hydrogens (tertiary/aromatic N) is 1. The van der Waals surface area contributed by atoms with Gasteiger partial charge in [0.15, 0.2) is 5.58 Å². The van der Waals surface area contributed by atoms with Gasteiger partial charge in [0.05, 0.1) is 15.4 Å². The fourth-order valence-electron chi connectivity index (χ4n) is 1.16. The van der Waals surface area contributed by atoms with E-state index in [4.69, 9.17) is 9.68 Å². The summed E-state index contributed by atoms with van der Waals surface area (Å²) in [5.74, 6) is -0.394. The molecule has 1 heterocycles. The number of furan rings is 1. The van der Waals surface area contributed by atoms with Gasteiger partial charge in [0, 0.05) is 0 Å². The normalized spacial score (nSPS) is 10.2. The van der Waals surface area contributed by atoms with E-state index in [9.17, 15) is 4.39 Å². The van der Waals surface area contributed by atoms with Crippen molar-refractivity contribution in [3.8, 4) is 6.07 Å². The summed E-state index contributed by atoms with van der Waals surface area (Å²) >= 11 is 3.14. The molecule has 13 heavy (non-hydrogen) atoms. The van der Waals surface area contributed by atoms with Gasteiger partial charge in [0.25, 0.3) is 0 Å². The van der Waals surface area contributed by atoms with Gasteiger partial charge in [-0.25, -0.2) is 4.39 Å². The van der Waals surface area contributed by atoms with Crippen molar-refractivity contribution in [1.82, 2.24) is 0 Å². The highest BCUT2D eigenvalue weighted by Gasteiger charge is 2.12. The van der Waals surface area contributed by atoms with Crippen LogP contribution in [0.5, 0.6) is 0 Å². The quantitative estimate of drug-likeness (QED) is 0.708. The van der Waals surface area contributed by atoms with E-state index < -0.39 is 5.82 Å². The molecule has 2 aromatic rings. The Kier molecular flexibility index (Phi) is 1.82. The number of rotatable bonds is 0. The summed E-state index contributed by atoms with van der Waals surface area (Å²) in [6.45, 7) is 0. The van der Waals surface area contributed by atoms with Crippen molar-refractivity contribution >= 4 is 26.9 Å². The molecule has 0 fully saturated rings. The number of hydrogen-bond acceptors (Lipinski definition) is 2. The number of hydrogen-bond donors (Lipinski definition) is 0. The summed E-state index contributed by atoms with van der Waals surface area (Å²) < 4.78 is 18.8. The van der Waals surface area contributed by atoms with Gasteiger partial charge in [-0.2, -0.15) is 5.26 Å². The highest BCUT2D eigenvalue weighted by Crippen LogP contribution is 2.30. The van der Waals surface area contributed by atoms with Crippen molar-refractivity contribution in [3.63, 3.8) is 0 Å². The van der Waals surface area contributed by atoms with Crippen LogP contribution in [-0.2, 0) is 0 Å². The standard InChI is InChI=1S/C9H3BrFNO/c10-6-4-13-9-5(3-12)1-2-7(11)8(6)9/h1-2,4H. The summed E-state index contributed by atoms with van der Waals surface area (Å²) in [7, 11) is 0. The molecule has 0 unspecified atom stereocenters. The summed E-state index contributed by atoms with van der Waals surface area (Å²) in [5, 5.41) is 9.01. The van der Waals surface area contributed by atoms with Gasteiger partial charge in [-0.05, 0) is 28.1 Å². The second kappa shape index (κ2) is 2.86. The molecule has 64 valence electrons. The van der Waals surface area contributed by atoms with E-state index in [0.29, 0.717) is 15.4 Å². The minimum absolute atomic E-state index is 0.286. The Morgan fingerprint density at radius 3 is 2.92 bits per heavy atom. The van der Waals surface area contributed by atoms with E-state index in [-0.39, 0.29) is 5.58 Å². The van der Waals surface area contributed by atoms with Crippen molar-refractivity contribution in [1.29, 1.82) is 5.26 Å². The number of benzene rings is 1. The van der Waals surface area contributed by atoms with Crippen molar-refractivity contribution < 1.29 is 8.81 Å². The lowest BCUT2D eigenvalue weighted by Crippen LogP contribution is -1.80. The van der Waals surface area contributed by atoms with E-state index in [2.05, 4.69) is 15.9 Å². The third-order valence-corrected chi connectivity index (χ3v) is 2.33. The lowest BCUT2D eigenvalue weighted by atomic mass is 10.1. The highest BCUT2D eigenvalue weighted by molar-refractivity contribution is 9.10. The maximum atomic E-state index is 13.2. The SMILES string of the molecule is N#Cc1ccc(F)c2c(Br)coc12. The Balaban J connectivity index is 2.97. The van der Waals surface area contributed by atoms with Crippen molar-refractivity contribution in [3.05, 3.63) is 34.2 Å². The summed E-state index contributed by atoms with van der Waals surface area (Å²) in [5.41, 5.74) is 0.622. The number of halogens is 2. The van der Waals surface area contributed by atoms with Crippen molar-refractivity contribution in [2.75, 3.05) is 0 Å². The first kappa shape index (κ1) is 8.27. The van der Waals surface area contributed by atoms with Crippen molar-refractivity contribution in [2.24, 2.45) is 0 Å². The summed E-state index contributed by atoms with van der Waals surface area (Å²) in [6, 6.07) is 4.58. The van der Waals surface area contributed by atoms with Gasteiger partial charge in [0.1, 0.15) is 18.1 Å². The van der Waals surface area contributed by atoms with Gasteiger partial charge in [-0.15, -0.1) is 0 Å². The maximum Gasteiger partial charge on any atom is 0.155 e. The van der Waals surface area contributed by atoms with Crippen LogP contribution in [0, 0.1) is 17.1 Å². The van der Waals surface area contributed by atoms with Crippen LogP contribution in [0.4, 0.5) is 4.39 Å². The van der Waals surface area contributed by atoms with Gasteiger partial charge in [-0.3, -0.25) is 0 Å². The van der Waals surface area contributed by atoms with E-state index in [1.807, 2.05) is 6.07 Å². The van der Waals surface area contributed by atoms with E-state index in [1.54, 1.807) is 0 Å². The van der Waals surface area contributed by atoms with E-state index in [0.717, 1.165) is 0 Å². The molecule has 0 aliphatic heterocycles. The first-order chi connectivity index (χ1) is 6.24. The predicted molar refractivity (Wildman–Crippen MR) is 48.6 cm³/mol. The molecular weight excluding hydrogens is 237 g/mol. The third-order valence-electron chi connectivity index (χ3n) is 1.75. The molecule has 0 saturated heterocycles. The molecule has 1 aromatic heterocycles. The summed E-state index contributed by atoms with van der Waals surface area (Å²) in [6.07, 6.45) is 1.37. The smallest absolute Gasteiger partial charge is 0.155 e. The Morgan fingerprint density at radius 1 is 1.46 bits per heavy atom. The average Bonchev–Trinajstić information content (AvgIpc) is 2.50. The van der Waals surface area contributed by atoms with Crippen LogP contribution < -0.4 is 0 Å². The minimum Gasteiger partial charge on any atom is -0.462 e. The van der Waals surface area contributed by atoms with Gasteiger partial charge in [0.2, 0.25) is 0 Å².